The molecule has 2 aliphatic heterocycles. The van der Waals surface area contributed by atoms with Crippen molar-refractivity contribution in [3.8, 4) is 11.4 Å². The first-order valence-electron chi connectivity index (χ1n) is 13.2. The second kappa shape index (κ2) is 11.5. The van der Waals surface area contributed by atoms with Crippen molar-refractivity contribution in [1.82, 2.24) is 30.0 Å². The molecule has 1 aromatic heterocycles. The van der Waals surface area contributed by atoms with Gasteiger partial charge in [-0.25, -0.2) is 0 Å². The average molecular weight is 503 g/mol. The van der Waals surface area contributed by atoms with Crippen LogP contribution in [0.3, 0.4) is 0 Å². The molecule has 1 fully saturated rings. The minimum atomic E-state index is -0.0534. The maximum Gasteiger partial charge on any atom is 0.242 e. The Labute approximate surface area is 217 Å². The molecule has 0 spiro atoms. The number of ether oxygens (including phenoxy) is 1. The van der Waals surface area contributed by atoms with Crippen LogP contribution in [0.5, 0.6) is 5.75 Å². The minimum absolute atomic E-state index is 0.0503. The summed E-state index contributed by atoms with van der Waals surface area (Å²) in [6.45, 7) is 3.69. The molecule has 0 saturated carbocycles. The van der Waals surface area contributed by atoms with Gasteiger partial charge in [0.15, 0.2) is 5.82 Å². The van der Waals surface area contributed by atoms with Crippen LogP contribution >= 0.6 is 0 Å². The van der Waals surface area contributed by atoms with Crippen LogP contribution in [0, 0.1) is 6.92 Å². The molecule has 194 valence electrons. The lowest BCUT2D eigenvalue weighted by atomic mass is 9.95. The molecular weight excluding hydrogens is 468 g/mol. The number of benzene rings is 2. The second-order valence-corrected chi connectivity index (χ2v) is 9.92. The van der Waals surface area contributed by atoms with Crippen LogP contribution < -0.4 is 4.74 Å². The Hall–Kier alpha value is -3.75. The molecule has 2 aromatic carbocycles. The molecule has 0 N–H and O–H groups in total. The van der Waals surface area contributed by atoms with Gasteiger partial charge < -0.3 is 14.5 Å². The maximum absolute atomic E-state index is 13.4. The van der Waals surface area contributed by atoms with E-state index in [0.29, 0.717) is 25.4 Å². The number of aromatic nitrogens is 4. The fourth-order valence-electron chi connectivity index (χ4n) is 5.26. The highest BCUT2D eigenvalue weighted by Crippen LogP contribution is 2.24. The van der Waals surface area contributed by atoms with E-state index in [1.807, 2.05) is 48.2 Å². The van der Waals surface area contributed by atoms with E-state index in [1.165, 1.54) is 5.56 Å². The normalized spacial score (nSPS) is 19.1. The predicted molar refractivity (Wildman–Crippen MR) is 138 cm³/mol. The zero-order chi connectivity index (χ0) is 25.6. The van der Waals surface area contributed by atoms with E-state index < -0.39 is 0 Å². The topological polar surface area (TPSA) is 93.4 Å². The largest absolute Gasteiger partial charge is 0.494 e. The van der Waals surface area contributed by atoms with Crippen molar-refractivity contribution < 1.29 is 14.3 Å². The fraction of sp³-hybridized carbons (Fsp3) is 0.464. The number of tetrazole rings is 1. The molecule has 2 amide bonds. The van der Waals surface area contributed by atoms with Crippen LogP contribution in [0.1, 0.15) is 49.1 Å². The molecule has 2 aliphatic rings. The van der Waals surface area contributed by atoms with E-state index in [1.54, 1.807) is 9.58 Å². The first-order chi connectivity index (χ1) is 18.1. The Morgan fingerprint density at radius 1 is 1.05 bits per heavy atom. The SMILES string of the molecule is Cc1nnnn1-c1ccc(CC(=O)N2CCCOc3cccc(c3)CCC3CCCCN3C(=O)C2)cc1. The summed E-state index contributed by atoms with van der Waals surface area (Å²) in [5, 5.41) is 11.6. The molecule has 9 nitrogen and oxygen atoms in total. The highest BCUT2D eigenvalue weighted by molar-refractivity contribution is 5.86. The molecule has 3 aromatic rings. The standard InChI is InChI=1S/C28H34N6O3/c1-21-29-30-31-34(21)25-13-10-23(11-14-25)19-27(35)32-15-5-17-37-26-8-4-6-22(18-26)9-12-24-7-2-3-16-33(24)28(36)20-32/h4,6,8,10-11,13-14,18,24H,2-3,5,7,9,12,15-17,19-20H2,1H3. The van der Waals surface area contributed by atoms with Crippen molar-refractivity contribution in [2.24, 2.45) is 0 Å². The maximum atomic E-state index is 13.4. The van der Waals surface area contributed by atoms with E-state index in [2.05, 4.69) is 27.7 Å². The van der Waals surface area contributed by atoms with Crippen LogP contribution in [0.4, 0.5) is 0 Å². The van der Waals surface area contributed by atoms with Crippen molar-refractivity contribution in [1.29, 1.82) is 0 Å². The van der Waals surface area contributed by atoms with Gasteiger partial charge in [0.2, 0.25) is 11.8 Å². The third-order valence-corrected chi connectivity index (χ3v) is 7.29. The number of hydrogen-bond donors (Lipinski definition) is 0. The zero-order valence-electron chi connectivity index (χ0n) is 21.4. The van der Waals surface area contributed by atoms with Gasteiger partial charge in [-0.1, -0.05) is 24.3 Å². The third kappa shape index (κ3) is 6.15. The van der Waals surface area contributed by atoms with E-state index in [4.69, 9.17) is 4.74 Å². The molecule has 9 heteroatoms. The van der Waals surface area contributed by atoms with Gasteiger partial charge in [0.25, 0.3) is 0 Å². The van der Waals surface area contributed by atoms with Crippen molar-refractivity contribution in [3.63, 3.8) is 0 Å². The number of aryl methyl sites for hydroxylation is 2. The second-order valence-electron chi connectivity index (χ2n) is 9.92. The summed E-state index contributed by atoms with van der Waals surface area (Å²) in [6, 6.07) is 16.1. The Balaban J connectivity index is 1.30. The first kappa shape index (κ1) is 24.9. The monoisotopic (exact) mass is 502 g/mol. The number of hydrogen-bond acceptors (Lipinski definition) is 6. The molecule has 0 radical (unpaired) electrons. The van der Waals surface area contributed by atoms with Crippen LogP contribution in [-0.4, -0.2) is 74.1 Å². The Morgan fingerprint density at radius 3 is 2.73 bits per heavy atom. The lowest BCUT2D eigenvalue weighted by Crippen LogP contribution is -2.49. The average Bonchev–Trinajstić information content (AvgIpc) is 3.35. The Morgan fingerprint density at radius 2 is 1.92 bits per heavy atom. The van der Waals surface area contributed by atoms with Gasteiger partial charge in [-0.2, -0.15) is 4.68 Å². The van der Waals surface area contributed by atoms with Crippen LogP contribution in [-0.2, 0) is 22.4 Å². The smallest absolute Gasteiger partial charge is 0.242 e. The highest BCUT2D eigenvalue weighted by Gasteiger charge is 2.29. The lowest BCUT2D eigenvalue weighted by molar-refractivity contribution is -0.142. The summed E-state index contributed by atoms with van der Waals surface area (Å²) in [6.07, 6.45) is 5.90. The van der Waals surface area contributed by atoms with Gasteiger partial charge in [-0.15, -0.1) is 5.10 Å². The van der Waals surface area contributed by atoms with Crippen LogP contribution in [0.2, 0.25) is 0 Å². The van der Waals surface area contributed by atoms with Crippen LogP contribution in [0.25, 0.3) is 5.69 Å². The van der Waals surface area contributed by atoms with Crippen molar-refractivity contribution in [2.45, 2.75) is 57.9 Å². The first-order valence-corrected chi connectivity index (χ1v) is 13.2. The zero-order valence-corrected chi connectivity index (χ0v) is 21.4. The van der Waals surface area contributed by atoms with Crippen molar-refractivity contribution in [2.75, 3.05) is 26.2 Å². The van der Waals surface area contributed by atoms with E-state index in [0.717, 1.165) is 55.6 Å². The van der Waals surface area contributed by atoms with Crippen molar-refractivity contribution in [3.05, 3.63) is 65.5 Å². The number of rotatable bonds is 3. The molecular formula is C28H34N6O3. The minimum Gasteiger partial charge on any atom is -0.494 e. The lowest BCUT2D eigenvalue weighted by Gasteiger charge is -2.37. The van der Waals surface area contributed by atoms with E-state index in [9.17, 15) is 9.59 Å². The summed E-state index contributed by atoms with van der Waals surface area (Å²) in [7, 11) is 0. The third-order valence-electron chi connectivity index (χ3n) is 7.29. The molecule has 37 heavy (non-hydrogen) atoms. The number of amides is 2. The van der Waals surface area contributed by atoms with Crippen LogP contribution in [0.15, 0.2) is 48.5 Å². The Bertz CT molecular complexity index is 1220. The summed E-state index contributed by atoms with van der Waals surface area (Å²) in [4.78, 5) is 30.6. The summed E-state index contributed by atoms with van der Waals surface area (Å²) >= 11 is 0. The van der Waals surface area contributed by atoms with Gasteiger partial charge in [-0.3, -0.25) is 9.59 Å². The number of fused-ring (bicyclic) bond motifs is 3. The molecule has 3 heterocycles. The molecule has 0 aliphatic carbocycles. The van der Waals surface area contributed by atoms with Gasteiger partial charge in [0.05, 0.1) is 25.3 Å². The van der Waals surface area contributed by atoms with Crippen molar-refractivity contribution >= 4 is 11.8 Å². The van der Waals surface area contributed by atoms with Gasteiger partial charge in [0.1, 0.15) is 5.75 Å². The van der Waals surface area contributed by atoms with Gasteiger partial charge in [0, 0.05) is 19.1 Å². The molecule has 5 rings (SSSR count). The molecule has 1 saturated heterocycles. The Kier molecular flexibility index (Phi) is 7.77. The molecule has 2 bridgehead atoms. The van der Waals surface area contributed by atoms with E-state index >= 15 is 0 Å². The highest BCUT2D eigenvalue weighted by atomic mass is 16.5. The summed E-state index contributed by atoms with van der Waals surface area (Å²) in [5.74, 6) is 1.55. The quantitative estimate of drug-likeness (QED) is 0.546. The van der Waals surface area contributed by atoms with Gasteiger partial charge in [-0.05, 0) is 91.3 Å². The number of piperidine rings is 1. The number of nitrogens with zero attached hydrogens (tertiary/aromatic N) is 6. The van der Waals surface area contributed by atoms with Gasteiger partial charge >= 0.3 is 0 Å². The molecule has 1 unspecified atom stereocenters. The summed E-state index contributed by atoms with van der Waals surface area (Å²) < 4.78 is 7.63. The summed E-state index contributed by atoms with van der Waals surface area (Å²) in [5.41, 5.74) is 2.96. The predicted octanol–water partition coefficient (Wildman–Crippen LogP) is 3.14. The fourth-order valence-corrected chi connectivity index (χ4v) is 5.26. The van der Waals surface area contributed by atoms with E-state index in [-0.39, 0.29) is 30.8 Å². The molecule has 1 atom stereocenters. The number of carbonyl (C=O) groups is 2. The number of carbonyl (C=O) groups excluding carboxylic acids is 2.